The highest BCUT2D eigenvalue weighted by Gasteiger charge is 2.17. The first kappa shape index (κ1) is 6.68. The molecule has 0 saturated heterocycles. The van der Waals surface area contributed by atoms with E-state index in [4.69, 9.17) is 0 Å². The van der Waals surface area contributed by atoms with Crippen LogP contribution >= 0.6 is 0 Å². The molecule has 0 saturated carbocycles. The third-order valence-electron chi connectivity index (χ3n) is 2.13. The average Bonchev–Trinajstić information content (AvgIpc) is 2.55. The van der Waals surface area contributed by atoms with Gasteiger partial charge in [0, 0.05) is 18.4 Å². The van der Waals surface area contributed by atoms with Crippen LogP contribution in [0.4, 0.5) is 0 Å². The van der Waals surface area contributed by atoms with Gasteiger partial charge in [-0.05, 0) is 19.2 Å². The fraction of sp³-hybridized carbons (Fsp3) is 0.333. The smallest absolute Gasteiger partial charge is 0.0684 e. The number of nitrogens with zero attached hydrogens (tertiary/aromatic N) is 1. The van der Waals surface area contributed by atoms with Crippen LogP contribution in [0.2, 0.25) is 0 Å². The van der Waals surface area contributed by atoms with Gasteiger partial charge in [-0.2, -0.15) is 0 Å². The van der Waals surface area contributed by atoms with Crippen LogP contribution in [0.5, 0.6) is 0 Å². The van der Waals surface area contributed by atoms with Crippen LogP contribution in [0.3, 0.4) is 0 Å². The fourth-order valence-corrected chi connectivity index (χ4v) is 1.49. The number of H-pyrrole nitrogens is 1. The molecule has 1 aliphatic rings. The quantitative estimate of drug-likeness (QED) is 0.599. The lowest BCUT2D eigenvalue weighted by Crippen LogP contribution is -2.18. The number of hydrogen-bond donors (Lipinski definition) is 1. The van der Waals surface area contributed by atoms with E-state index in [1.165, 1.54) is 5.69 Å². The third-order valence-corrected chi connectivity index (χ3v) is 2.13. The van der Waals surface area contributed by atoms with E-state index in [1.807, 2.05) is 12.3 Å². The first-order chi connectivity index (χ1) is 5.38. The summed E-state index contributed by atoms with van der Waals surface area (Å²) >= 11 is 0. The predicted octanol–water partition coefficient (Wildman–Crippen LogP) is 1.56. The van der Waals surface area contributed by atoms with Crippen molar-refractivity contribution in [3.05, 3.63) is 36.2 Å². The maximum absolute atomic E-state index is 3.22. The molecule has 1 N–H and O–H groups in total. The summed E-state index contributed by atoms with van der Waals surface area (Å²) in [6, 6.07) is 4.62. The highest BCUT2D eigenvalue weighted by Crippen LogP contribution is 2.22. The van der Waals surface area contributed by atoms with Crippen molar-refractivity contribution in [1.82, 2.24) is 9.88 Å². The summed E-state index contributed by atoms with van der Waals surface area (Å²) in [5, 5.41) is 0. The highest BCUT2D eigenvalue weighted by molar-refractivity contribution is 5.18. The Morgan fingerprint density at radius 3 is 3.09 bits per heavy atom. The zero-order chi connectivity index (χ0) is 7.68. The van der Waals surface area contributed by atoms with Crippen LogP contribution in [0.25, 0.3) is 0 Å². The Morgan fingerprint density at radius 2 is 2.55 bits per heavy atom. The number of rotatable bonds is 1. The SMILES string of the molecule is CN1CC=CC1c1ccc[nH]1. The minimum absolute atomic E-state index is 0.463. The second kappa shape index (κ2) is 2.55. The molecule has 2 nitrogen and oxygen atoms in total. The van der Waals surface area contributed by atoms with E-state index in [2.05, 4.69) is 35.1 Å². The molecule has 58 valence electrons. The molecule has 0 aliphatic carbocycles. The van der Waals surface area contributed by atoms with E-state index >= 15 is 0 Å². The highest BCUT2D eigenvalue weighted by atomic mass is 15.1. The van der Waals surface area contributed by atoms with E-state index in [0.29, 0.717) is 6.04 Å². The molecule has 0 aromatic carbocycles. The van der Waals surface area contributed by atoms with Crippen molar-refractivity contribution < 1.29 is 0 Å². The second-order valence-electron chi connectivity index (χ2n) is 2.94. The molecule has 1 unspecified atom stereocenters. The molecule has 0 fully saturated rings. The normalized spacial score (nSPS) is 24.6. The number of nitrogens with one attached hydrogen (secondary N) is 1. The summed E-state index contributed by atoms with van der Waals surface area (Å²) < 4.78 is 0. The van der Waals surface area contributed by atoms with Gasteiger partial charge in [0.2, 0.25) is 0 Å². The maximum Gasteiger partial charge on any atom is 0.0684 e. The van der Waals surface area contributed by atoms with Gasteiger partial charge < -0.3 is 4.98 Å². The van der Waals surface area contributed by atoms with Gasteiger partial charge in [-0.3, -0.25) is 4.90 Å². The second-order valence-corrected chi connectivity index (χ2v) is 2.94. The summed E-state index contributed by atoms with van der Waals surface area (Å²) in [5.41, 5.74) is 1.28. The number of aromatic amines is 1. The zero-order valence-electron chi connectivity index (χ0n) is 6.62. The summed E-state index contributed by atoms with van der Waals surface area (Å²) in [6.45, 7) is 1.06. The van der Waals surface area contributed by atoms with E-state index in [1.54, 1.807) is 0 Å². The lowest BCUT2D eigenvalue weighted by atomic mass is 10.2. The van der Waals surface area contributed by atoms with Gasteiger partial charge in [0.1, 0.15) is 0 Å². The van der Waals surface area contributed by atoms with Crippen molar-refractivity contribution in [1.29, 1.82) is 0 Å². The van der Waals surface area contributed by atoms with E-state index < -0.39 is 0 Å². The lowest BCUT2D eigenvalue weighted by molar-refractivity contribution is 0.335. The van der Waals surface area contributed by atoms with Crippen molar-refractivity contribution >= 4 is 0 Å². The molecule has 0 spiro atoms. The van der Waals surface area contributed by atoms with Gasteiger partial charge in [-0.25, -0.2) is 0 Å². The molecule has 11 heavy (non-hydrogen) atoms. The van der Waals surface area contributed by atoms with E-state index in [9.17, 15) is 0 Å². The molecule has 2 heteroatoms. The molecule has 1 aliphatic heterocycles. The van der Waals surface area contributed by atoms with Crippen LogP contribution in [0.15, 0.2) is 30.5 Å². The van der Waals surface area contributed by atoms with Crippen molar-refractivity contribution in [3.63, 3.8) is 0 Å². The Bertz CT molecular complexity index is 249. The molecular formula is C9H12N2. The average molecular weight is 148 g/mol. The van der Waals surface area contributed by atoms with Crippen molar-refractivity contribution in [2.75, 3.05) is 13.6 Å². The Hall–Kier alpha value is -1.02. The van der Waals surface area contributed by atoms with Gasteiger partial charge in [0.15, 0.2) is 0 Å². The molecule has 2 heterocycles. The minimum atomic E-state index is 0.463. The van der Waals surface area contributed by atoms with Gasteiger partial charge >= 0.3 is 0 Å². The lowest BCUT2D eigenvalue weighted by Gasteiger charge is -2.17. The number of hydrogen-bond acceptors (Lipinski definition) is 1. The van der Waals surface area contributed by atoms with Gasteiger partial charge in [-0.15, -0.1) is 0 Å². The topological polar surface area (TPSA) is 19.0 Å². The Morgan fingerprint density at radius 1 is 1.64 bits per heavy atom. The largest absolute Gasteiger partial charge is 0.363 e. The van der Waals surface area contributed by atoms with Crippen LogP contribution in [-0.4, -0.2) is 23.5 Å². The molecule has 1 aromatic rings. The number of aromatic nitrogens is 1. The zero-order valence-corrected chi connectivity index (χ0v) is 6.62. The first-order valence-electron chi connectivity index (χ1n) is 3.88. The maximum atomic E-state index is 3.22. The molecule has 0 bridgehead atoms. The monoisotopic (exact) mass is 148 g/mol. The van der Waals surface area contributed by atoms with Crippen LogP contribution in [-0.2, 0) is 0 Å². The van der Waals surface area contributed by atoms with Crippen LogP contribution in [0, 0.1) is 0 Å². The van der Waals surface area contributed by atoms with Crippen molar-refractivity contribution in [2.24, 2.45) is 0 Å². The summed E-state index contributed by atoms with van der Waals surface area (Å²) in [5.74, 6) is 0. The van der Waals surface area contributed by atoms with Gasteiger partial charge in [-0.1, -0.05) is 12.2 Å². The summed E-state index contributed by atoms with van der Waals surface area (Å²) in [7, 11) is 2.13. The molecular weight excluding hydrogens is 136 g/mol. The Labute approximate surface area is 66.5 Å². The summed E-state index contributed by atoms with van der Waals surface area (Å²) in [4.78, 5) is 5.51. The predicted molar refractivity (Wildman–Crippen MR) is 45.3 cm³/mol. The first-order valence-corrected chi connectivity index (χ1v) is 3.88. The third kappa shape index (κ3) is 1.10. The summed E-state index contributed by atoms with van der Waals surface area (Å²) in [6.07, 6.45) is 6.40. The Balaban J connectivity index is 2.23. The van der Waals surface area contributed by atoms with Gasteiger partial charge in [0.25, 0.3) is 0 Å². The van der Waals surface area contributed by atoms with Crippen LogP contribution < -0.4 is 0 Å². The van der Waals surface area contributed by atoms with E-state index in [-0.39, 0.29) is 0 Å². The molecule has 0 amide bonds. The molecule has 1 atom stereocenters. The van der Waals surface area contributed by atoms with E-state index in [0.717, 1.165) is 6.54 Å². The molecule has 0 radical (unpaired) electrons. The number of likely N-dealkylation sites (N-methyl/N-ethyl adjacent to an activating group) is 1. The molecule has 2 rings (SSSR count). The Kier molecular flexibility index (Phi) is 1.55. The standard InChI is InChI=1S/C9H12N2/c1-11-7-3-5-9(11)8-4-2-6-10-8/h2-6,9-10H,7H2,1H3. The van der Waals surface area contributed by atoms with Gasteiger partial charge in [0.05, 0.1) is 6.04 Å². The minimum Gasteiger partial charge on any atom is -0.363 e. The van der Waals surface area contributed by atoms with Crippen LogP contribution in [0.1, 0.15) is 11.7 Å². The van der Waals surface area contributed by atoms with Crippen molar-refractivity contribution in [3.8, 4) is 0 Å². The fourth-order valence-electron chi connectivity index (χ4n) is 1.49. The molecule has 1 aromatic heterocycles. The van der Waals surface area contributed by atoms with Crippen molar-refractivity contribution in [2.45, 2.75) is 6.04 Å².